The Hall–Kier alpha value is -2.87. The van der Waals surface area contributed by atoms with Crippen LogP contribution in [-0.4, -0.2) is 65.0 Å². The molecule has 2 aromatic rings. The highest BCUT2D eigenvalue weighted by atomic mass is 16.5. The van der Waals surface area contributed by atoms with E-state index in [9.17, 15) is 0 Å². The van der Waals surface area contributed by atoms with Crippen LogP contribution in [0.4, 0.5) is 0 Å². The number of piperidine rings is 1. The molecule has 0 radical (unpaired) electrons. The number of ether oxygens (including phenoxy) is 1. The highest BCUT2D eigenvalue weighted by Gasteiger charge is 2.19. The van der Waals surface area contributed by atoms with Crippen LogP contribution in [0.15, 0.2) is 41.9 Å². The lowest BCUT2D eigenvalue weighted by molar-refractivity contribution is 0.225. The van der Waals surface area contributed by atoms with Gasteiger partial charge in [-0.05, 0) is 43.9 Å². The Morgan fingerprint density at radius 2 is 2.00 bits per heavy atom. The summed E-state index contributed by atoms with van der Waals surface area (Å²) in [7, 11) is 3.66. The van der Waals surface area contributed by atoms with Crippen LogP contribution in [0, 0.1) is 6.92 Å². The Balaban J connectivity index is 1.58. The van der Waals surface area contributed by atoms with E-state index < -0.39 is 0 Å². The first-order valence-corrected chi connectivity index (χ1v) is 10.9. The van der Waals surface area contributed by atoms with Gasteiger partial charge in [0, 0.05) is 39.3 Å². The average molecular weight is 426 g/mol. The number of aryl methyl sites for hydroxylation is 1. The maximum Gasteiger partial charge on any atom is 0.191 e. The first-order chi connectivity index (χ1) is 15.1. The van der Waals surface area contributed by atoms with E-state index in [1.54, 1.807) is 7.11 Å². The van der Waals surface area contributed by atoms with Crippen LogP contribution < -0.4 is 15.4 Å². The van der Waals surface area contributed by atoms with Gasteiger partial charge < -0.3 is 19.9 Å². The molecule has 168 valence electrons. The van der Waals surface area contributed by atoms with Crippen LogP contribution in [0.1, 0.15) is 30.1 Å². The van der Waals surface area contributed by atoms with Gasteiger partial charge in [-0.15, -0.1) is 16.8 Å². The van der Waals surface area contributed by atoms with Gasteiger partial charge in [0.15, 0.2) is 11.8 Å². The minimum atomic E-state index is 0.412. The molecule has 0 atom stereocenters. The van der Waals surface area contributed by atoms with Crippen molar-refractivity contribution in [3.05, 3.63) is 54.1 Å². The third-order valence-corrected chi connectivity index (χ3v) is 5.74. The van der Waals surface area contributed by atoms with Crippen molar-refractivity contribution in [2.45, 2.75) is 38.8 Å². The number of hydrogen-bond donors (Lipinski definition) is 2. The SMILES string of the molecule is C=CCN1CCC(NC(=NCc2nnc(C)n2C)NCCc2ccc(OC)cc2)CC1. The second kappa shape index (κ2) is 11.5. The number of guanidine groups is 1. The van der Waals surface area contributed by atoms with E-state index in [4.69, 9.17) is 9.73 Å². The van der Waals surface area contributed by atoms with Crippen LogP contribution in [0.25, 0.3) is 0 Å². The van der Waals surface area contributed by atoms with Gasteiger partial charge in [0.25, 0.3) is 0 Å². The summed E-state index contributed by atoms with van der Waals surface area (Å²) < 4.78 is 7.22. The topological polar surface area (TPSA) is 79.6 Å². The van der Waals surface area contributed by atoms with Crippen LogP contribution in [0.2, 0.25) is 0 Å². The molecule has 1 fully saturated rings. The summed E-state index contributed by atoms with van der Waals surface area (Å²) in [5.41, 5.74) is 1.26. The molecule has 0 spiro atoms. The molecule has 0 saturated carbocycles. The molecule has 1 aromatic carbocycles. The minimum absolute atomic E-state index is 0.412. The lowest BCUT2D eigenvalue weighted by atomic mass is 10.1. The molecule has 0 amide bonds. The van der Waals surface area contributed by atoms with Gasteiger partial charge in [0.2, 0.25) is 0 Å². The van der Waals surface area contributed by atoms with E-state index in [-0.39, 0.29) is 0 Å². The zero-order valence-electron chi connectivity index (χ0n) is 19.0. The number of benzene rings is 1. The molecule has 8 heteroatoms. The molecule has 1 saturated heterocycles. The Morgan fingerprint density at radius 3 is 2.61 bits per heavy atom. The zero-order valence-corrected chi connectivity index (χ0v) is 19.0. The van der Waals surface area contributed by atoms with Gasteiger partial charge in [0.1, 0.15) is 18.1 Å². The summed E-state index contributed by atoms with van der Waals surface area (Å²) in [6.45, 7) is 10.2. The molecule has 2 heterocycles. The zero-order chi connectivity index (χ0) is 22.1. The number of rotatable bonds is 9. The Labute approximate surface area is 185 Å². The van der Waals surface area contributed by atoms with E-state index in [2.05, 4.69) is 44.4 Å². The van der Waals surface area contributed by atoms with Gasteiger partial charge in [-0.3, -0.25) is 4.90 Å². The Kier molecular flexibility index (Phi) is 8.46. The summed E-state index contributed by atoms with van der Waals surface area (Å²) in [6.07, 6.45) is 5.07. The fourth-order valence-electron chi connectivity index (χ4n) is 3.64. The molecular weight excluding hydrogens is 390 g/mol. The van der Waals surface area contributed by atoms with Gasteiger partial charge in [-0.1, -0.05) is 18.2 Å². The smallest absolute Gasteiger partial charge is 0.191 e. The van der Waals surface area contributed by atoms with Crippen molar-refractivity contribution < 1.29 is 4.74 Å². The average Bonchev–Trinajstić information content (AvgIpc) is 3.11. The normalized spacial score (nSPS) is 15.6. The van der Waals surface area contributed by atoms with Crippen molar-refractivity contribution in [2.75, 3.05) is 33.3 Å². The number of aromatic nitrogens is 3. The molecule has 0 unspecified atom stereocenters. The van der Waals surface area contributed by atoms with E-state index >= 15 is 0 Å². The predicted molar refractivity (Wildman–Crippen MR) is 124 cm³/mol. The molecule has 8 nitrogen and oxygen atoms in total. The minimum Gasteiger partial charge on any atom is -0.497 e. The standard InChI is InChI=1S/C23H35N7O/c1-5-14-30-15-11-20(12-16-30)26-23(25-17-22-28-27-18(2)29(22)3)24-13-10-19-6-8-21(31-4)9-7-19/h5-9,20H,1,10-17H2,2-4H3,(H2,24,25,26). The highest BCUT2D eigenvalue weighted by Crippen LogP contribution is 2.12. The number of likely N-dealkylation sites (tertiary alicyclic amines) is 1. The molecule has 1 aliphatic rings. The predicted octanol–water partition coefficient (Wildman–Crippen LogP) is 2.06. The van der Waals surface area contributed by atoms with Gasteiger partial charge in [0.05, 0.1) is 7.11 Å². The molecule has 1 aromatic heterocycles. The molecule has 3 rings (SSSR count). The Morgan fingerprint density at radius 1 is 1.26 bits per heavy atom. The fourth-order valence-corrected chi connectivity index (χ4v) is 3.64. The van der Waals surface area contributed by atoms with E-state index in [1.807, 2.05) is 36.7 Å². The first kappa shape index (κ1) is 22.8. The summed E-state index contributed by atoms with van der Waals surface area (Å²) >= 11 is 0. The van der Waals surface area contributed by atoms with E-state index in [0.717, 1.165) is 68.8 Å². The Bertz CT molecular complexity index is 851. The van der Waals surface area contributed by atoms with E-state index in [0.29, 0.717) is 12.6 Å². The maximum atomic E-state index is 5.24. The lowest BCUT2D eigenvalue weighted by Crippen LogP contribution is -2.49. The van der Waals surface area contributed by atoms with Crippen molar-refractivity contribution in [1.29, 1.82) is 0 Å². The van der Waals surface area contributed by atoms with Gasteiger partial charge >= 0.3 is 0 Å². The highest BCUT2D eigenvalue weighted by molar-refractivity contribution is 5.80. The van der Waals surface area contributed by atoms with Crippen molar-refractivity contribution in [3.8, 4) is 5.75 Å². The van der Waals surface area contributed by atoms with Crippen molar-refractivity contribution in [1.82, 2.24) is 30.3 Å². The molecule has 0 bridgehead atoms. The molecule has 31 heavy (non-hydrogen) atoms. The van der Waals surface area contributed by atoms with Gasteiger partial charge in [-0.25, -0.2) is 4.99 Å². The van der Waals surface area contributed by atoms with E-state index in [1.165, 1.54) is 5.56 Å². The maximum absolute atomic E-state index is 5.24. The summed E-state index contributed by atoms with van der Waals surface area (Å²) in [6, 6.07) is 8.60. The van der Waals surface area contributed by atoms with Crippen molar-refractivity contribution >= 4 is 5.96 Å². The molecule has 0 aliphatic carbocycles. The van der Waals surface area contributed by atoms with Crippen LogP contribution >= 0.6 is 0 Å². The van der Waals surface area contributed by atoms with Crippen LogP contribution in [0.5, 0.6) is 5.75 Å². The second-order valence-corrected chi connectivity index (χ2v) is 7.92. The van der Waals surface area contributed by atoms with Crippen LogP contribution in [-0.2, 0) is 20.0 Å². The fraction of sp³-hybridized carbons (Fsp3) is 0.522. The number of nitrogens with zero attached hydrogens (tertiary/aromatic N) is 5. The second-order valence-electron chi connectivity index (χ2n) is 7.92. The monoisotopic (exact) mass is 425 g/mol. The molecular formula is C23H35N7O. The van der Waals surface area contributed by atoms with Crippen LogP contribution in [0.3, 0.4) is 0 Å². The quantitative estimate of drug-likeness (QED) is 0.364. The summed E-state index contributed by atoms with van der Waals surface area (Å²) in [5, 5.41) is 15.5. The van der Waals surface area contributed by atoms with Crippen molar-refractivity contribution in [2.24, 2.45) is 12.0 Å². The number of methoxy groups -OCH3 is 1. The van der Waals surface area contributed by atoms with Gasteiger partial charge in [-0.2, -0.15) is 0 Å². The lowest BCUT2D eigenvalue weighted by Gasteiger charge is -2.32. The third kappa shape index (κ3) is 6.82. The number of aliphatic imine (C=N–C) groups is 1. The third-order valence-electron chi connectivity index (χ3n) is 5.74. The summed E-state index contributed by atoms with van der Waals surface area (Å²) in [4.78, 5) is 7.23. The summed E-state index contributed by atoms with van der Waals surface area (Å²) in [5.74, 6) is 3.45. The van der Waals surface area contributed by atoms with Crippen molar-refractivity contribution in [3.63, 3.8) is 0 Å². The molecule has 1 aliphatic heterocycles. The molecule has 2 N–H and O–H groups in total. The first-order valence-electron chi connectivity index (χ1n) is 10.9. The number of nitrogens with one attached hydrogen (secondary N) is 2. The largest absolute Gasteiger partial charge is 0.497 e. The number of hydrogen-bond acceptors (Lipinski definition) is 5.